The Morgan fingerprint density at radius 1 is 1.00 bits per heavy atom. The lowest BCUT2D eigenvalue weighted by molar-refractivity contribution is -0.213. The zero-order valence-electron chi connectivity index (χ0n) is 24.5. The minimum atomic E-state index is -0.840. The van der Waals surface area contributed by atoms with Crippen molar-refractivity contribution >= 4 is 23.8 Å². The highest BCUT2D eigenvalue weighted by Gasteiger charge is 2.42. The van der Waals surface area contributed by atoms with Crippen molar-refractivity contribution in [2.45, 2.75) is 83.0 Å². The first-order chi connectivity index (χ1) is 20.2. The molecule has 2 aliphatic rings. The van der Waals surface area contributed by atoms with Crippen molar-refractivity contribution in [2.24, 2.45) is 11.7 Å². The fourth-order valence-corrected chi connectivity index (χ4v) is 5.69. The van der Waals surface area contributed by atoms with Gasteiger partial charge in [0.2, 0.25) is 5.91 Å². The molecule has 2 heterocycles. The molecule has 4 rings (SSSR count). The predicted octanol–water partition coefficient (Wildman–Crippen LogP) is 2.95. The maximum atomic E-state index is 14.4. The van der Waals surface area contributed by atoms with E-state index in [1.807, 2.05) is 74.5 Å². The summed E-state index contributed by atoms with van der Waals surface area (Å²) in [6, 6.07) is 17.0. The molecule has 4 N–H and O–H groups in total. The number of amides is 4. The second kappa shape index (κ2) is 14.8. The van der Waals surface area contributed by atoms with E-state index in [1.54, 1.807) is 0 Å². The zero-order valence-corrected chi connectivity index (χ0v) is 24.5. The maximum Gasteiger partial charge on any atom is 0.354 e. The first kappa shape index (κ1) is 31.0. The Balaban J connectivity index is 1.63. The highest BCUT2D eigenvalue weighted by molar-refractivity contribution is 5.90. The Bertz CT molecular complexity index is 1210. The van der Waals surface area contributed by atoms with E-state index >= 15 is 0 Å². The number of carbonyl (C=O) groups excluding carboxylic acids is 4. The Hall–Kier alpha value is -3.92. The third-order valence-corrected chi connectivity index (χ3v) is 7.88. The number of nitrogens with zero attached hydrogens (tertiary/aromatic N) is 2. The monoisotopic (exact) mass is 577 g/mol. The molecule has 0 spiro atoms. The molecule has 42 heavy (non-hydrogen) atoms. The van der Waals surface area contributed by atoms with E-state index in [4.69, 9.17) is 10.6 Å². The molecule has 0 unspecified atom stereocenters. The number of rotatable bonds is 12. The standard InChI is InChI=1S/C32H43N5O5/c1-22(2)29(36-19-9-18-34-32(36)41)30(39)37(42-31(40)27-16-17-28(38)35-27)26(21-24-12-7-4-8-13-24)15-14-25(33)20-23-10-5-3-6-11-23/h3-8,10-13,22,25-27,29H,9,14-21,33H2,1-2H3,(H,34,41)(H,35,38)/t25-,26+,27-,29+/m1/s1. The summed E-state index contributed by atoms with van der Waals surface area (Å²) in [5, 5.41) is 6.65. The fraction of sp³-hybridized carbons (Fsp3) is 0.500. The lowest BCUT2D eigenvalue weighted by atomic mass is 9.94. The lowest BCUT2D eigenvalue weighted by Crippen LogP contribution is -2.60. The topological polar surface area (TPSA) is 134 Å². The van der Waals surface area contributed by atoms with Crippen LogP contribution in [0, 0.1) is 5.92 Å². The van der Waals surface area contributed by atoms with Gasteiger partial charge in [0.15, 0.2) is 0 Å². The molecule has 226 valence electrons. The molecule has 0 bridgehead atoms. The van der Waals surface area contributed by atoms with Crippen LogP contribution in [0.15, 0.2) is 60.7 Å². The van der Waals surface area contributed by atoms with Crippen molar-refractivity contribution in [1.82, 2.24) is 20.6 Å². The van der Waals surface area contributed by atoms with Crippen molar-refractivity contribution in [3.8, 4) is 0 Å². The second-order valence-corrected chi connectivity index (χ2v) is 11.6. The molecule has 2 saturated heterocycles. The third kappa shape index (κ3) is 8.31. The van der Waals surface area contributed by atoms with Crippen LogP contribution in [0.4, 0.5) is 4.79 Å². The molecule has 4 atom stereocenters. The van der Waals surface area contributed by atoms with Crippen molar-refractivity contribution in [1.29, 1.82) is 0 Å². The third-order valence-electron chi connectivity index (χ3n) is 7.88. The number of benzene rings is 2. The van der Waals surface area contributed by atoms with Gasteiger partial charge in [-0.3, -0.25) is 9.59 Å². The van der Waals surface area contributed by atoms with Crippen LogP contribution in [0.2, 0.25) is 0 Å². The van der Waals surface area contributed by atoms with Crippen LogP contribution < -0.4 is 16.4 Å². The van der Waals surface area contributed by atoms with Gasteiger partial charge >= 0.3 is 12.0 Å². The molecule has 0 radical (unpaired) electrons. The maximum absolute atomic E-state index is 14.4. The molecular formula is C32H43N5O5. The smallest absolute Gasteiger partial charge is 0.343 e. The average Bonchev–Trinajstić information content (AvgIpc) is 3.42. The van der Waals surface area contributed by atoms with Gasteiger partial charge in [-0.1, -0.05) is 74.5 Å². The summed E-state index contributed by atoms with van der Waals surface area (Å²) in [4.78, 5) is 59.9. The van der Waals surface area contributed by atoms with Gasteiger partial charge in [0.05, 0.1) is 6.04 Å². The molecule has 2 fully saturated rings. The van der Waals surface area contributed by atoms with E-state index in [0.29, 0.717) is 51.6 Å². The summed E-state index contributed by atoms with van der Waals surface area (Å²) >= 11 is 0. The highest BCUT2D eigenvalue weighted by Crippen LogP contribution is 2.24. The minimum Gasteiger partial charge on any atom is -0.343 e. The molecule has 10 heteroatoms. The Morgan fingerprint density at radius 2 is 1.64 bits per heavy atom. The Labute approximate surface area is 247 Å². The van der Waals surface area contributed by atoms with E-state index < -0.39 is 30.0 Å². The largest absolute Gasteiger partial charge is 0.354 e. The quantitative estimate of drug-likeness (QED) is 0.332. The number of nitrogens with one attached hydrogen (secondary N) is 2. The number of hydrogen-bond donors (Lipinski definition) is 3. The van der Waals surface area contributed by atoms with Gasteiger partial charge in [0, 0.05) is 25.6 Å². The normalized spacial score (nSPS) is 19.0. The van der Waals surface area contributed by atoms with Gasteiger partial charge in [-0.05, 0) is 55.6 Å². The number of carbonyl (C=O) groups is 4. The van der Waals surface area contributed by atoms with Gasteiger partial charge in [-0.15, -0.1) is 0 Å². The fourth-order valence-electron chi connectivity index (χ4n) is 5.69. The van der Waals surface area contributed by atoms with Crippen LogP contribution in [-0.2, 0) is 32.1 Å². The molecule has 0 aliphatic carbocycles. The van der Waals surface area contributed by atoms with E-state index in [2.05, 4.69) is 10.6 Å². The van der Waals surface area contributed by atoms with Crippen LogP contribution >= 0.6 is 0 Å². The summed E-state index contributed by atoms with van der Waals surface area (Å²) in [6.45, 7) is 4.73. The van der Waals surface area contributed by atoms with Crippen LogP contribution in [0.1, 0.15) is 57.1 Å². The first-order valence-corrected chi connectivity index (χ1v) is 14.9. The van der Waals surface area contributed by atoms with Crippen LogP contribution in [-0.4, -0.2) is 71.0 Å². The molecule has 2 aromatic rings. The highest BCUT2D eigenvalue weighted by atomic mass is 16.7. The summed E-state index contributed by atoms with van der Waals surface area (Å²) in [5.41, 5.74) is 8.66. The summed E-state index contributed by atoms with van der Waals surface area (Å²) < 4.78 is 0. The summed E-state index contributed by atoms with van der Waals surface area (Å²) in [5.74, 6) is -1.62. The number of hydroxylamine groups is 2. The van der Waals surface area contributed by atoms with Crippen molar-refractivity contribution in [2.75, 3.05) is 13.1 Å². The first-order valence-electron chi connectivity index (χ1n) is 14.9. The van der Waals surface area contributed by atoms with E-state index in [0.717, 1.165) is 11.1 Å². The lowest BCUT2D eigenvalue weighted by Gasteiger charge is -2.40. The predicted molar refractivity (Wildman–Crippen MR) is 159 cm³/mol. The molecule has 2 aromatic carbocycles. The number of nitrogens with two attached hydrogens (primary N) is 1. The Morgan fingerprint density at radius 3 is 2.21 bits per heavy atom. The van der Waals surface area contributed by atoms with Gasteiger partial charge < -0.3 is 26.1 Å². The molecule has 4 amide bonds. The van der Waals surface area contributed by atoms with Gasteiger partial charge in [0.1, 0.15) is 12.1 Å². The van der Waals surface area contributed by atoms with Crippen molar-refractivity contribution in [3.63, 3.8) is 0 Å². The van der Waals surface area contributed by atoms with E-state index in [1.165, 1.54) is 9.96 Å². The van der Waals surface area contributed by atoms with Crippen LogP contribution in [0.25, 0.3) is 0 Å². The molecule has 0 aromatic heterocycles. The average molecular weight is 578 g/mol. The summed E-state index contributed by atoms with van der Waals surface area (Å²) in [7, 11) is 0. The van der Waals surface area contributed by atoms with Crippen LogP contribution in [0.5, 0.6) is 0 Å². The van der Waals surface area contributed by atoms with Crippen LogP contribution in [0.3, 0.4) is 0 Å². The molecule has 2 aliphatic heterocycles. The van der Waals surface area contributed by atoms with E-state index in [-0.39, 0.29) is 30.3 Å². The Kier molecular flexibility index (Phi) is 10.9. The molecular weight excluding hydrogens is 534 g/mol. The number of hydrogen-bond acceptors (Lipinski definition) is 6. The van der Waals surface area contributed by atoms with Crippen molar-refractivity contribution < 1.29 is 24.0 Å². The SMILES string of the molecule is CC(C)[C@@H](C(=O)N(OC(=O)[C@H]1CCC(=O)N1)[C@@H](CC[C@@H](N)Cc1ccccc1)Cc1ccccc1)N1CCCNC1=O. The molecule has 0 saturated carbocycles. The number of urea groups is 1. The van der Waals surface area contributed by atoms with Gasteiger partial charge in [-0.2, -0.15) is 5.06 Å². The molecule has 10 nitrogen and oxygen atoms in total. The van der Waals surface area contributed by atoms with E-state index in [9.17, 15) is 19.2 Å². The summed E-state index contributed by atoms with van der Waals surface area (Å²) in [6.07, 6.45) is 3.36. The zero-order chi connectivity index (χ0) is 30.1. The van der Waals surface area contributed by atoms with Gasteiger partial charge in [-0.25, -0.2) is 9.59 Å². The minimum absolute atomic E-state index is 0.179. The second-order valence-electron chi connectivity index (χ2n) is 11.6. The van der Waals surface area contributed by atoms with Crippen molar-refractivity contribution in [3.05, 3.63) is 71.8 Å². The van der Waals surface area contributed by atoms with Gasteiger partial charge in [0.25, 0.3) is 5.91 Å².